The summed E-state index contributed by atoms with van der Waals surface area (Å²) in [6.45, 7) is 7.93. The Morgan fingerprint density at radius 3 is 2.47 bits per heavy atom. The number of carboxylic acid groups (broad SMARTS) is 1. The summed E-state index contributed by atoms with van der Waals surface area (Å²) in [5.41, 5.74) is 3.88. The van der Waals surface area contributed by atoms with Crippen molar-refractivity contribution in [3.05, 3.63) is 39.0 Å². The van der Waals surface area contributed by atoms with Crippen molar-refractivity contribution in [2.75, 3.05) is 0 Å². The molecule has 0 amide bonds. The maximum absolute atomic E-state index is 11.5. The number of aromatic nitrogens is 1. The van der Waals surface area contributed by atoms with E-state index in [1.54, 1.807) is 6.07 Å². The number of pyridine rings is 1. The summed E-state index contributed by atoms with van der Waals surface area (Å²) in [6, 6.07) is 3.62. The Hall–Kier alpha value is -1.42. The number of carboxylic acids is 1. The third kappa shape index (κ3) is 2.37. The van der Waals surface area contributed by atoms with E-state index in [1.807, 2.05) is 33.8 Å². The lowest BCUT2D eigenvalue weighted by molar-refractivity contribution is 0.0698. The highest BCUT2D eigenvalue weighted by Crippen LogP contribution is 2.32. The summed E-state index contributed by atoms with van der Waals surface area (Å²) < 4.78 is 0.946. The maximum atomic E-state index is 11.5. The molecule has 19 heavy (non-hydrogen) atoms. The normalized spacial score (nSPS) is 11.3. The Bertz CT molecular complexity index is 678. The van der Waals surface area contributed by atoms with Crippen molar-refractivity contribution in [1.29, 1.82) is 0 Å². The first-order chi connectivity index (χ1) is 8.82. The van der Waals surface area contributed by atoms with Crippen LogP contribution in [0.15, 0.2) is 16.6 Å². The number of hydrogen-bond acceptors (Lipinski definition) is 2. The SMILES string of the molecule is Cc1cc2nc(C(C)C)cc(C(=O)O)c2c(C)c1Br. The van der Waals surface area contributed by atoms with E-state index in [0.29, 0.717) is 5.56 Å². The van der Waals surface area contributed by atoms with E-state index in [-0.39, 0.29) is 5.92 Å². The number of aromatic carboxylic acids is 1. The molecule has 0 spiro atoms. The Labute approximate surface area is 120 Å². The van der Waals surface area contributed by atoms with Crippen molar-refractivity contribution in [3.63, 3.8) is 0 Å². The van der Waals surface area contributed by atoms with Gasteiger partial charge in [-0.2, -0.15) is 0 Å². The molecule has 0 aliphatic rings. The number of fused-ring (bicyclic) bond motifs is 1. The first-order valence-electron chi connectivity index (χ1n) is 6.16. The van der Waals surface area contributed by atoms with Crippen molar-refractivity contribution >= 4 is 32.8 Å². The van der Waals surface area contributed by atoms with E-state index in [4.69, 9.17) is 0 Å². The van der Waals surface area contributed by atoms with E-state index in [2.05, 4.69) is 20.9 Å². The van der Waals surface area contributed by atoms with E-state index in [9.17, 15) is 9.90 Å². The van der Waals surface area contributed by atoms with Crippen LogP contribution in [0.1, 0.15) is 46.9 Å². The standard InChI is InChI=1S/C15H16BrNO2/c1-7(2)11-6-10(15(18)19)13-9(4)14(16)8(3)5-12(13)17-11/h5-7H,1-4H3,(H,18,19). The molecule has 1 heterocycles. The van der Waals surface area contributed by atoms with Crippen LogP contribution in [-0.2, 0) is 0 Å². The fourth-order valence-corrected chi connectivity index (χ4v) is 2.53. The molecule has 0 atom stereocenters. The average Bonchev–Trinajstić information content (AvgIpc) is 2.34. The number of halogens is 1. The molecule has 1 aromatic heterocycles. The molecule has 4 heteroatoms. The van der Waals surface area contributed by atoms with Gasteiger partial charge < -0.3 is 5.11 Å². The maximum Gasteiger partial charge on any atom is 0.336 e. The molecule has 0 saturated heterocycles. The molecular weight excluding hydrogens is 306 g/mol. The molecule has 0 unspecified atom stereocenters. The van der Waals surface area contributed by atoms with Crippen molar-refractivity contribution in [3.8, 4) is 0 Å². The van der Waals surface area contributed by atoms with Crippen LogP contribution in [0.25, 0.3) is 10.9 Å². The molecule has 0 fully saturated rings. The van der Waals surface area contributed by atoms with E-state index < -0.39 is 5.97 Å². The largest absolute Gasteiger partial charge is 0.478 e. The molecule has 2 rings (SSSR count). The topological polar surface area (TPSA) is 50.2 Å². The van der Waals surface area contributed by atoms with Gasteiger partial charge in [0.1, 0.15) is 0 Å². The number of aryl methyl sites for hydroxylation is 2. The van der Waals surface area contributed by atoms with Gasteiger partial charge in [-0.15, -0.1) is 0 Å². The third-order valence-electron chi connectivity index (χ3n) is 3.29. The minimum absolute atomic E-state index is 0.201. The van der Waals surface area contributed by atoms with Crippen LogP contribution in [0.4, 0.5) is 0 Å². The fraction of sp³-hybridized carbons (Fsp3) is 0.333. The second-order valence-electron chi connectivity index (χ2n) is 5.08. The summed E-state index contributed by atoms with van der Waals surface area (Å²) in [6.07, 6.45) is 0. The van der Waals surface area contributed by atoms with Crippen LogP contribution in [0, 0.1) is 13.8 Å². The van der Waals surface area contributed by atoms with Gasteiger partial charge in [0.05, 0.1) is 11.1 Å². The molecule has 3 nitrogen and oxygen atoms in total. The Kier molecular flexibility index (Phi) is 3.63. The average molecular weight is 322 g/mol. The van der Waals surface area contributed by atoms with E-state index in [0.717, 1.165) is 32.2 Å². The monoisotopic (exact) mass is 321 g/mol. The number of carbonyl (C=O) groups is 1. The molecular formula is C15H16BrNO2. The van der Waals surface area contributed by atoms with Crippen LogP contribution in [0.5, 0.6) is 0 Å². The minimum Gasteiger partial charge on any atom is -0.478 e. The number of hydrogen-bond donors (Lipinski definition) is 1. The molecule has 0 saturated carbocycles. The summed E-state index contributed by atoms with van der Waals surface area (Å²) >= 11 is 3.51. The molecule has 2 aromatic rings. The highest BCUT2D eigenvalue weighted by atomic mass is 79.9. The summed E-state index contributed by atoms with van der Waals surface area (Å²) in [7, 11) is 0. The van der Waals surface area contributed by atoms with Gasteiger partial charge in [-0.25, -0.2) is 4.79 Å². The number of rotatable bonds is 2. The van der Waals surface area contributed by atoms with Crippen molar-refractivity contribution < 1.29 is 9.90 Å². The molecule has 0 aliphatic heterocycles. The second-order valence-corrected chi connectivity index (χ2v) is 5.87. The van der Waals surface area contributed by atoms with E-state index >= 15 is 0 Å². The predicted octanol–water partition coefficient (Wildman–Crippen LogP) is 4.44. The number of benzene rings is 1. The second kappa shape index (κ2) is 4.93. The summed E-state index contributed by atoms with van der Waals surface area (Å²) in [5.74, 6) is -0.708. The highest BCUT2D eigenvalue weighted by Gasteiger charge is 2.17. The lowest BCUT2D eigenvalue weighted by Gasteiger charge is -2.13. The summed E-state index contributed by atoms with van der Waals surface area (Å²) in [4.78, 5) is 16.1. The molecule has 1 aromatic carbocycles. The zero-order valence-electron chi connectivity index (χ0n) is 11.4. The predicted molar refractivity (Wildman–Crippen MR) is 80.0 cm³/mol. The van der Waals surface area contributed by atoms with Gasteiger partial charge in [0.25, 0.3) is 0 Å². The first-order valence-corrected chi connectivity index (χ1v) is 6.96. The van der Waals surface area contributed by atoms with Gasteiger partial charge in [0.2, 0.25) is 0 Å². The van der Waals surface area contributed by atoms with Gasteiger partial charge >= 0.3 is 5.97 Å². The zero-order chi connectivity index (χ0) is 14.3. The van der Waals surface area contributed by atoms with Crippen LogP contribution in [0.3, 0.4) is 0 Å². The lowest BCUT2D eigenvalue weighted by Crippen LogP contribution is -2.05. The highest BCUT2D eigenvalue weighted by molar-refractivity contribution is 9.10. The van der Waals surface area contributed by atoms with E-state index in [1.165, 1.54) is 0 Å². The van der Waals surface area contributed by atoms with Crippen molar-refractivity contribution in [2.45, 2.75) is 33.6 Å². The Balaban J connectivity index is 2.95. The summed E-state index contributed by atoms with van der Waals surface area (Å²) in [5, 5.41) is 10.1. The van der Waals surface area contributed by atoms with Crippen LogP contribution < -0.4 is 0 Å². The third-order valence-corrected chi connectivity index (χ3v) is 4.51. The molecule has 0 bridgehead atoms. The molecule has 0 radical (unpaired) electrons. The van der Waals surface area contributed by atoms with Crippen LogP contribution in [-0.4, -0.2) is 16.1 Å². The smallest absolute Gasteiger partial charge is 0.336 e. The van der Waals surface area contributed by atoms with Crippen LogP contribution in [0.2, 0.25) is 0 Å². The molecule has 0 aliphatic carbocycles. The lowest BCUT2D eigenvalue weighted by atomic mass is 9.98. The van der Waals surface area contributed by atoms with Gasteiger partial charge in [-0.1, -0.05) is 29.8 Å². The van der Waals surface area contributed by atoms with Gasteiger partial charge in [-0.3, -0.25) is 4.98 Å². The van der Waals surface area contributed by atoms with Gasteiger partial charge in [-0.05, 0) is 43.0 Å². The minimum atomic E-state index is -0.909. The molecule has 1 N–H and O–H groups in total. The number of nitrogens with zero attached hydrogens (tertiary/aromatic N) is 1. The quantitative estimate of drug-likeness (QED) is 0.889. The van der Waals surface area contributed by atoms with Gasteiger partial charge in [0, 0.05) is 15.6 Å². The van der Waals surface area contributed by atoms with Crippen molar-refractivity contribution in [1.82, 2.24) is 4.98 Å². The van der Waals surface area contributed by atoms with Crippen LogP contribution >= 0.6 is 15.9 Å². The fourth-order valence-electron chi connectivity index (χ4n) is 2.22. The van der Waals surface area contributed by atoms with Crippen molar-refractivity contribution in [2.24, 2.45) is 0 Å². The Morgan fingerprint density at radius 1 is 1.32 bits per heavy atom. The first kappa shape index (κ1) is 14.0. The van der Waals surface area contributed by atoms with Gasteiger partial charge in [0.15, 0.2) is 0 Å². The molecule has 100 valence electrons. The zero-order valence-corrected chi connectivity index (χ0v) is 13.0. The Morgan fingerprint density at radius 2 is 1.95 bits per heavy atom.